The highest BCUT2D eigenvalue weighted by Crippen LogP contribution is 2.09. The van der Waals surface area contributed by atoms with E-state index in [9.17, 15) is 4.79 Å². The Kier molecular flexibility index (Phi) is 59.9. The molecule has 0 spiro atoms. The van der Waals surface area contributed by atoms with Crippen LogP contribution in [0.3, 0.4) is 0 Å². The van der Waals surface area contributed by atoms with E-state index in [1.807, 2.05) is 7.05 Å². The van der Waals surface area contributed by atoms with Crippen LogP contribution in [-0.4, -0.2) is 139 Å². The molecule has 2 aliphatic rings. The number of piperidine rings is 1. The molecule has 0 saturated carbocycles. The minimum absolute atomic E-state index is 0.471. The van der Waals surface area contributed by atoms with E-state index in [4.69, 9.17) is 21.3 Å². The largest absolute Gasteiger partial charge is 0.400 e. The molecule has 2 saturated heterocycles. The van der Waals surface area contributed by atoms with Gasteiger partial charge in [0.1, 0.15) is 0 Å². The van der Waals surface area contributed by atoms with E-state index in [0.29, 0.717) is 17.9 Å². The fourth-order valence-electron chi connectivity index (χ4n) is 3.67. The first-order valence-electron chi connectivity index (χ1n) is 20.2. The third-order valence-corrected chi connectivity index (χ3v) is 6.67. The summed E-state index contributed by atoms with van der Waals surface area (Å²) in [5.74, 6) is 4.48. The summed E-state index contributed by atoms with van der Waals surface area (Å²) in [5.41, 5.74) is 11.0. The SMILES string of the molecule is CC(C)C.CC(C)CN.CC(C)CN1CCC(N)CC1.CC(C)CN1CCOCC1.CC(C)CNC=O.CCN(C)C.CNCCC(C)C.CO. The number of aliphatic hydroxyl groups is 1. The summed E-state index contributed by atoms with van der Waals surface area (Å²) in [6.07, 6.45) is 4.38. The molecule has 2 rings (SSSR count). The second-order valence-electron chi connectivity index (χ2n) is 16.3. The average molecular weight is 738 g/mol. The Labute approximate surface area is 321 Å². The molecule has 0 bridgehead atoms. The number of aliphatic hydroxyl groups excluding tert-OH is 1. The van der Waals surface area contributed by atoms with Gasteiger partial charge in [0.15, 0.2) is 0 Å². The van der Waals surface area contributed by atoms with Crippen molar-refractivity contribution in [2.24, 2.45) is 47.0 Å². The van der Waals surface area contributed by atoms with Gasteiger partial charge in [-0.2, -0.15) is 0 Å². The molecule has 2 fully saturated rings. The second-order valence-corrected chi connectivity index (χ2v) is 16.3. The maximum absolute atomic E-state index is 9.60. The van der Waals surface area contributed by atoms with Crippen LogP contribution in [0.1, 0.15) is 116 Å². The van der Waals surface area contributed by atoms with Crippen LogP contribution in [0.25, 0.3) is 0 Å². The summed E-state index contributed by atoms with van der Waals surface area (Å²) < 4.78 is 5.24. The highest BCUT2D eigenvalue weighted by atomic mass is 16.5. The smallest absolute Gasteiger partial charge is 0.207 e. The standard InChI is InChI=1S/C9H20N2.C8H17NO.C6H15N.C5H11NO.2C4H11N.C4H10.CH4O/c1-8(2)7-11-5-3-9(10)4-6-11;1-8(2)7-9-3-5-10-6-4-9;1-6(2)4-5-7-3;1-5(2)3-6-4-7;1-4-5(2)3;1-4(2)3-5;1-4(2)3;1-2/h8-9H,3-7,10H2,1-2H3;8H,3-7H2,1-2H3;6-7H,4-5H2,1-3H3;4-5H,3H2,1-2H3,(H,6,7);4H2,1-3H3;4H,3,5H2,1-2H3;4H,1-3H3;2H,1H3. The van der Waals surface area contributed by atoms with Crippen LogP contribution < -0.4 is 22.1 Å². The van der Waals surface area contributed by atoms with Crippen molar-refractivity contribution in [3.63, 3.8) is 0 Å². The summed E-state index contributed by atoms with van der Waals surface area (Å²) in [6.45, 7) is 43.3. The number of nitrogens with two attached hydrogens (primary N) is 2. The number of carbonyl (C=O) groups is 1. The number of amides is 1. The number of nitrogens with zero attached hydrogens (tertiary/aromatic N) is 3. The van der Waals surface area contributed by atoms with Gasteiger partial charge in [0.05, 0.1) is 13.2 Å². The number of nitrogens with one attached hydrogen (secondary N) is 2. The van der Waals surface area contributed by atoms with Crippen molar-refractivity contribution < 1.29 is 14.6 Å². The lowest BCUT2D eigenvalue weighted by Crippen LogP contribution is -2.41. The molecule has 316 valence electrons. The molecule has 10 nitrogen and oxygen atoms in total. The lowest BCUT2D eigenvalue weighted by molar-refractivity contribution is -0.109. The van der Waals surface area contributed by atoms with Crippen molar-refractivity contribution in [1.29, 1.82) is 0 Å². The van der Waals surface area contributed by atoms with Gasteiger partial charge in [-0.25, -0.2) is 0 Å². The van der Waals surface area contributed by atoms with Crippen LogP contribution in [0.5, 0.6) is 0 Å². The van der Waals surface area contributed by atoms with Gasteiger partial charge in [0.25, 0.3) is 0 Å². The third kappa shape index (κ3) is 79.2. The third-order valence-electron chi connectivity index (χ3n) is 6.67. The molecule has 2 aliphatic heterocycles. The lowest BCUT2D eigenvalue weighted by atomic mass is 10.0. The number of hydrogen-bond acceptors (Lipinski definition) is 9. The van der Waals surface area contributed by atoms with Crippen molar-refractivity contribution in [3.05, 3.63) is 0 Å². The van der Waals surface area contributed by atoms with E-state index in [1.165, 1.54) is 45.4 Å². The number of carbonyl (C=O) groups excluding carboxylic acids is 1. The monoisotopic (exact) mass is 738 g/mol. The van der Waals surface area contributed by atoms with Crippen LogP contribution in [0.2, 0.25) is 0 Å². The number of likely N-dealkylation sites (tertiary alicyclic amines) is 1. The normalized spacial score (nSPS) is 14.6. The van der Waals surface area contributed by atoms with Gasteiger partial charge in [0.2, 0.25) is 6.41 Å². The molecule has 1 amide bonds. The first kappa shape index (κ1) is 62.2. The van der Waals surface area contributed by atoms with E-state index in [-0.39, 0.29) is 0 Å². The fraction of sp³-hybridized carbons (Fsp3) is 0.976. The summed E-state index contributed by atoms with van der Waals surface area (Å²) in [4.78, 5) is 16.7. The van der Waals surface area contributed by atoms with Crippen molar-refractivity contribution in [1.82, 2.24) is 25.3 Å². The maximum Gasteiger partial charge on any atom is 0.207 e. The van der Waals surface area contributed by atoms with E-state index in [0.717, 1.165) is 89.7 Å². The van der Waals surface area contributed by atoms with Gasteiger partial charge < -0.3 is 41.7 Å². The molecule has 51 heavy (non-hydrogen) atoms. The van der Waals surface area contributed by atoms with Crippen LogP contribution in [0.4, 0.5) is 0 Å². The maximum atomic E-state index is 9.60. The van der Waals surface area contributed by atoms with Crippen molar-refractivity contribution >= 4 is 6.41 Å². The Balaban J connectivity index is -0.000000118. The molecule has 7 N–H and O–H groups in total. The molecule has 0 radical (unpaired) electrons. The van der Waals surface area contributed by atoms with E-state index < -0.39 is 0 Å². The van der Waals surface area contributed by atoms with Gasteiger partial charge in [-0.1, -0.05) is 96.9 Å². The Bertz CT molecular complexity index is 583. The molecule has 0 aliphatic carbocycles. The molecule has 0 aromatic rings. The molecule has 2 heterocycles. The lowest BCUT2D eigenvalue weighted by Gasteiger charge is -2.31. The van der Waals surface area contributed by atoms with Crippen molar-refractivity contribution in [2.45, 2.75) is 122 Å². The summed E-state index contributed by atoms with van der Waals surface area (Å²) >= 11 is 0. The van der Waals surface area contributed by atoms with Gasteiger partial charge in [0, 0.05) is 45.9 Å². The molecule has 0 unspecified atom stereocenters. The van der Waals surface area contributed by atoms with Crippen LogP contribution in [-0.2, 0) is 9.53 Å². The highest BCUT2D eigenvalue weighted by molar-refractivity contribution is 5.45. The Morgan fingerprint density at radius 1 is 0.765 bits per heavy atom. The number of morpholine rings is 1. The van der Waals surface area contributed by atoms with Crippen LogP contribution in [0.15, 0.2) is 0 Å². The minimum atomic E-state index is 0.471. The van der Waals surface area contributed by atoms with Crippen molar-refractivity contribution in [3.8, 4) is 0 Å². The molecule has 0 aromatic carbocycles. The zero-order valence-corrected chi connectivity index (χ0v) is 38.0. The van der Waals surface area contributed by atoms with E-state index in [2.05, 4.69) is 136 Å². The molecule has 0 atom stereocenters. The fourth-order valence-corrected chi connectivity index (χ4v) is 3.67. The summed E-state index contributed by atoms with van der Waals surface area (Å²) in [5, 5.41) is 12.7. The van der Waals surface area contributed by atoms with Gasteiger partial charge in [-0.05, 0) is 109 Å². The zero-order chi connectivity index (χ0) is 41.2. The molecular weight excluding hydrogens is 638 g/mol. The average Bonchev–Trinajstić information content (AvgIpc) is 3.06. The highest BCUT2D eigenvalue weighted by Gasteiger charge is 2.16. The minimum Gasteiger partial charge on any atom is -0.400 e. The molecule has 10 heteroatoms. The quantitative estimate of drug-likeness (QED) is 0.150. The zero-order valence-electron chi connectivity index (χ0n) is 38.0. The van der Waals surface area contributed by atoms with Crippen LogP contribution in [0, 0.1) is 35.5 Å². The number of hydrogen-bond donors (Lipinski definition) is 5. The van der Waals surface area contributed by atoms with Gasteiger partial charge in [-0.3, -0.25) is 9.69 Å². The first-order chi connectivity index (χ1) is 23.8. The Hall–Kier alpha value is -0.850. The predicted octanol–water partition coefficient (Wildman–Crippen LogP) is 6.12. The summed E-state index contributed by atoms with van der Waals surface area (Å²) in [7, 11) is 7.10. The van der Waals surface area contributed by atoms with E-state index >= 15 is 0 Å². The molecular formula is C41H99N7O3. The topological polar surface area (TPSA) is 132 Å². The predicted molar refractivity (Wildman–Crippen MR) is 230 cm³/mol. The number of rotatable bonds is 12. The second kappa shape index (κ2) is 49.1. The van der Waals surface area contributed by atoms with Crippen LogP contribution >= 0.6 is 0 Å². The molecule has 0 aromatic heterocycles. The number of ether oxygens (including phenoxy) is 1. The van der Waals surface area contributed by atoms with Gasteiger partial charge >= 0.3 is 0 Å². The Morgan fingerprint density at radius 2 is 1.14 bits per heavy atom. The Morgan fingerprint density at radius 3 is 1.35 bits per heavy atom. The summed E-state index contributed by atoms with van der Waals surface area (Å²) in [6, 6.07) is 0.471. The first-order valence-corrected chi connectivity index (χ1v) is 20.2. The van der Waals surface area contributed by atoms with Gasteiger partial charge in [-0.15, -0.1) is 0 Å². The van der Waals surface area contributed by atoms with E-state index in [1.54, 1.807) is 0 Å². The van der Waals surface area contributed by atoms with Crippen molar-refractivity contribution in [2.75, 3.05) is 107 Å².